The van der Waals surface area contributed by atoms with E-state index in [1.807, 2.05) is 26.0 Å². The lowest BCUT2D eigenvalue weighted by atomic mass is 10.1. The topological polar surface area (TPSA) is 26.3 Å². The zero-order chi connectivity index (χ0) is 9.84. The van der Waals surface area contributed by atoms with E-state index >= 15 is 0 Å². The van der Waals surface area contributed by atoms with Gasteiger partial charge in [-0.3, -0.25) is 0 Å². The van der Waals surface area contributed by atoms with Gasteiger partial charge >= 0.3 is 5.97 Å². The minimum absolute atomic E-state index is 0.354. The van der Waals surface area contributed by atoms with Crippen LogP contribution in [0.15, 0.2) is 31.0 Å². The predicted octanol–water partition coefficient (Wildman–Crippen LogP) is 2.60. The van der Waals surface area contributed by atoms with E-state index in [1.54, 1.807) is 6.07 Å². The average molecular weight is 176 g/mol. The van der Waals surface area contributed by atoms with Crippen molar-refractivity contribution in [1.82, 2.24) is 0 Å². The molecule has 68 valence electrons. The van der Waals surface area contributed by atoms with Gasteiger partial charge < -0.3 is 4.74 Å². The van der Waals surface area contributed by atoms with E-state index < -0.39 is 0 Å². The average Bonchev–Trinajstić information content (AvgIpc) is 2.04. The summed E-state index contributed by atoms with van der Waals surface area (Å²) in [5, 5.41) is 0. The maximum atomic E-state index is 11.3. The molecule has 0 aliphatic carbocycles. The maximum absolute atomic E-state index is 11.3. The molecule has 0 fully saturated rings. The number of rotatable bonds is 2. The van der Waals surface area contributed by atoms with E-state index in [4.69, 9.17) is 0 Å². The highest BCUT2D eigenvalue weighted by Crippen LogP contribution is 2.11. The van der Waals surface area contributed by atoms with Crippen LogP contribution in [0.5, 0.6) is 0 Å². The first kappa shape index (κ1) is 9.52. The molecule has 1 aromatic carbocycles. The molecule has 0 saturated heterocycles. The van der Waals surface area contributed by atoms with Gasteiger partial charge in [0.2, 0.25) is 0 Å². The van der Waals surface area contributed by atoms with E-state index in [2.05, 4.69) is 11.3 Å². The fraction of sp³-hybridized carbons (Fsp3) is 0.182. The zero-order valence-electron chi connectivity index (χ0n) is 7.83. The number of benzene rings is 1. The van der Waals surface area contributed by atoms with Gasteiger partial charge in [0, 0.05) is 0 Å². The van der Waals surface area contributed by atoms with Gasteiger partial charge in [-0.15, -0.1) is 0 Å². The van der Waals surface area contributed by atoms with Crippen LogP contribution < -0.4 is 0 Å². The molecule has 0 atom stereocenters. The summed E-state index contributed by atoms with van der Waals surface area (Å²) < 4.78 is 4.67. The van der Waals surface area contributed by atoms with Crippen molar-refractivity contribution in [2.45, 2.75) is 13.8 Å². The Morgan fingerprint density at radius 3 is 2.69 bits per heavy atom. The third kappa shape index (κ3) is 2.18. The number of aryl methyl sites for hydroxylation is 2. The van der Waals surface area contributed by atoms with Crippen molar-refractivity contribution in [3.8, 4) is 0 Å². The Balaban J connectivity index is 3.01. The van der Waals surface area contributed by atoms with E-state index in [0.717, 1.165) is 17.4 Å². The molecule has 0 spiro atoms. The quantitative estimate of drug-likeness (QED) is 0.511. The van der Waals surface area contributed by atoms with Gasteiger partial charge in [-0.05, 0) is 25.5 Å². The summed E-state index contributed by atoms with van der Waals surface area (Å²) in [5.41, 5.74) is 2.64. The van der Waals surface area contributed by atoms with Gasteiger partial charge in [0.25, 0.3) is 0 Å². The van der Waals surface area contributed by atoms with E-state index in [-0.39, 0.29) is 5.97 Å². The lowest BCUT2D eigenvalue weighted by molar-refractivity contribution is 0.0663. The Morgan fingerprint density at radius 2 is 2.15 bits per heavy atom. The molecule has 0 unspecified atom stereocenters. The van der Waals surface area contributed by atoms with Gasteiger partial charge in [0.15, 0.2) is 0 Å². The molecule has 0 aromatic heterocycles. The van der Waals surface area contributed by atoms with Gasteiger partial charge in [0.1, 0.15) is 0 Å². The minimum Gasteiger partial charge on any atom is -0.432 e. The largest absolute Gasteiger partial charge is 0.432 e. The summed E-state index contributed by atoms with van der Waals surface area (Å²) >= 11 is 0. The third-order valence-electron chi connectivity index (χ3n) is 1.79. The first-order chi connectivity index (χ1) is 6.15. The highest BCUT2D eigenvalue weighted by Gasteiger charge is 2.08. The molecule has 0 aliphatic heterocycles. The summed E-state index contributed by atoms with van der Waals surface area (Å²) in [5.74, 6) is -0.354. The lowest BCUT2D eigenvalue weighted by Crippen LogP contribution is -2.02. The molecule has 0 aliphatic rings. The highest BCUT2D eigenvalue weighted by atomic mass is 16.5. The van der Waals surface area contributed by atoms with Crippen molar-refractivity contribution in [2.75, 3.05) is 0 Å². The fourth-order valence-corrected chi connectivity index (χ4v) is 1.18. The molecule has 2 nitrogen and oxygen atoms in total. The van der Waals surface area contributed by atoms with Crippen LogP contribution in [0.1, 0.15) is 21.5 Å². The molecule has 0 amide bonds. The van der Waals surface area contributed by atoms with Crippen LogP contribution in [0.25, 0.3) is 0 Å². The van der Waals surface area contributed by atoms with E-state index in [1.165, 1.54) is 0 Å². The van der Waals surface area contributed by atoms with Crippen LogP contribution in [0.3, 0.4) is 0 Å². The van der Waals surface area contributed by atoms with Crippen molar-refractivity contribution in [3.63, 3.8) is 0 Å². The Morgan fingerprint density at radius 1 is 1.46 bits per heavy atom. The standard InChI is InChI=1S/C11H12O2/c1-4-13-11(12)10-6-5-8(2)7-9(10)3/h4-7H,1H2,2-3H3. The van der Waals surface area contributed by atoms with Crippen LogP contribution in [-0.2, 0) is 4.74 Å². The second-order valence-electron chi connectivity index (χ2n) is 2.89. The number of carbonyl (C=O) groups is 1. The molecule has 0 saturated carbocycles. The molecule has 0 N–H and O–H groups in total. The fourth-order valence-electron chi connectivity index (χ4n) is 1.18. The van der Waals surface area contributed by atoms with Crippen LogP contribution in [-0.4, -0.2) is 5.97 Å². The first-order valence-corrected chi connectivity index (χ1v) is 4.04. The molecule has 0 bridgehead atoms. The van der Waals surface area contributed by atoms with Gasteiger partial charge in [-0.2, -0.15) is 0 Å². The Labute approximate surface area is 77.8 Å². The molecule has 0 radical (unpaired) electrons. The zero-order valence-corrected chi connectivity index (χ0v) is 7.83. The normalized spacial score (nSPS) is 9.38. The smallest absolute Gasteiger partial charge is 0.343 e. The van der Waals surface area contributed by atoms with Crippen molar-refractivity contribution in [2.24, 2.45) is 0 Å². The molecule has 1 rings (SSSR count). The third-order valence-corrected chi connectivity index (χ3v) is 1.79. The van der Waals surface area contributed by atoms with Crippen molar-refractivity contribution in [3.05, 3.63) is 47.7 Å². The number of hydrogen-bond acceptors (Lipinski definition) is 2. The molecular weight excluding hydrogens is 164 g/mol. The van der Waals surface area contributed by atoms with Crippen LogP contribution in [0, 0.1) is 13.8 Å². The number of esters is 1. The van der Waals surface area contributed by atoms with E-state index in [9.17, 15) is 4.79 Å². The summed E-state index contributed by atoms with van der Waals surface area (Å²) in [6.45, 7) is 7.19. The van der Waals surface area contributed by atoms with Gasteiger partial charge in [-0.25, -0.2) is 4.79 Å². The second kappa shape index (κ2) is 3.90. The highest BCUT2D eigenvalue weighted by molar-refractivity contribution is 5.91. The number of carbonyl (C=O) groups excluding carboxylic acids is 1. The predicted molar refractivity (Wildman–Crippen MR) is 51.5 cm³/mol. The molecule has 2 heteroatoms. The SMILES string of the molecule is C=COC(=O)c1ccc(C)cc1C. The number of ether oxygens (including phenoxy) is 1. The second-order valence-corrected chi connectivity index (χ2v) is 2.89. The Bertz CT molecular complexity index is 340. The van der Waals surface area contributed by atoms with Crippen LogP contribution in [0.4, 0.5) is 0 Å². The van der Waals surface area contributed by atoms with Gasteiger partial charge in [-0.1, -0.05) is 24.3 Å². The molecule has 1 aromatic rings. The monoisotopic (exact) mass is 176 g/mol. The summed E-state index contributed by atoms with van der Waals surface area (Å²) in [6, 6.07) is 5.59. The van der Waals surface area contributed by atoms with E-state index in [0.29, 0.717) is 5.56 Å². The summed E-state index contributed by atoms with van der Waals surface area (Å²) in [7, 11) is 0. The van der Waals surface area contributed by atoms with Gasteiger partial charge in [0.05, 0.1) is 11.8 Å². The first-order valence-electron chi connectivity index (χ1n) is 4.04. The van der Waals surface area contributed by atoms with Crippen molar-refractivity contribution in [1.29, 1.82) is 0 Å². The molecule has 0 heterocycles. The van der Waals surface area contributed by atoms with Crippen molar-refractivity contribution < 1.29 is 9.53 Å². The van der Waals surface area contributed by atoms with Crippen LogP contribution in [0.2, 0.25) is 0 Å². The minimum atomic E-state index is -0.354. The van der Waals surface area contributed by atoms with Crippen molar-refractivity contribution >= 4 is 5.97 Å². The molecular formula is C11H12O2. The Hall–Kier alpha value is -1.57. The maximum Gasteiger partial charge on any atom is 0.343 e. The number of hydrogen-bond donors (Lipinski definition) is 0. The molecule has 13 heavy (non-hydrogen) atoms. The van der Waals surface area contributed by atoms with Crippen LogP contribution >= 0.6 is 0 Å². The Kier molecular flexibility index (Phi) is 2.85. The summed E-state index contributed by atoms with van der Waals surface area (Å²) in [4.78, 5) is 11.3. The summed E-state index contributed by atoms with van der Waals surface area (Å²) in [6.07, 6.45) is 1.14. The lowest BCUT2D eigenvalue weighted by Gasteiger charge is -2.03.